The Bertz CT molecular complexity index is 834. The van der Waals surface area contributed by atoms with E-state index in [4.69, 9.17) is 11.5 Å². The minimum Gasteiger partial charge on any atom is -0.396 e. The van der Waals surface area contributed by atoms with Crippen molar-refractivity contribution in [1.82, 2.24) is 15.0 Å². The number of aromatic nitrogens is 3. The van der Waals surface area contributed by atoms with E-state index in [9.17, 15) is 0 Å². The van der Waals surface area contributed by atoms with Crippen LogP contribution in [0, 0.1) is 6.92 Å². The zero-order chi connectivity index (χ0) is 18.4. The van der Waals surface area contributed by atoms with Gasteiger partial charge in [0, 0.05) is 18.7 Å². The van der Waals surface area contributed by atoms with Crippen molar-refractivity contribution in [3.8, 4) is 0 Å². The largest absolute Gasteiger partial charge is 0.396 e. The van der Waals surface area contributed by atoms with Gasteiger partial charge in [-0.05, 0) is 18.9 Å². The Morgan fingerprint density at radius 2 is 1.77 bits per heavy atom. The monoisotopic (exact) mass is 349 g/mol. The first-order valence-electron chi connectivity index (χ1n) is 8.47. The van der Waals surface area contributed by atoms with Crippen molar-refractivity contribution < 1.29 is 0 Å². The minimum absolute atomic E-state index is 0.0211. The Kier molecular flexibility index (Phi) is 5.60. The molecule has 26 heavy (non-hydrogen) atoms. The van der Waals surface area contributed by atoms with Crippen LogP contribution in [0.1, 0.15) is 23.7 Å². The molecule has 3 rings (SSSR count). The molecule has 0 spiro atoms. The molecule has 0 fully saturated rings. The van der Waals surface area contributed by atoms with Crippen LogP contribution in [0.2, 0.25) is 0 Å². The molecule has 1 atom stereocenters. The summed E-state index contributed by atoms with van der Waals surface area (Å²) in [4.78, 5) is 12.7. The van der Waals surface area contributed by atoms with Crippen LogP contribution in [-0.2, 0) is 0 Å². The van der Waals surface area contributed by atoms with Crippen LogP contribution >= 0.6 is 0 Å². The van der Waals surface area contributed by atoms with Crippen molar-refractivity contribution in [2.24, 2.45) is 5.73 Å². The normalized spacial score (nSPS) is 11.8. The number of benzene rings is 1. The van der Waals surface area contributed by atoms with Crippen LogP contribution in [0.25, 0.3) is 0 Å². The van der Waals surface area contributed by atoms with Gasteiger partial charge in [-0.25, -0.2) is 9.97 Å². The summed E-state index contributed by atoms with van der Waals surface area (Å²) in [7, 11) is 0. The molecule has 0 saturated carbocycles. The number of nitrogens with one attached hydrogen (secondary N) is 2. The second-order valence-electron chi connectivity index (χ2n) is 6.06. The number of anilines is 4. The van der Waals surface area contributed by atoms with Crippen molar-refractivity contribution in [2.75, 3.05) is 22.9 Å². The number of pyridine rings is 1. The van der Waals surface area contributed by atoms with Gasteiger partial charge in [0.2, 0.25) is 0 Å². The number of nitrogens with two attached hydrogens (primary N) is 2. The Morgan fingerprint density at radius 3 is 2.50 bits per heavy atom. The molecular weight excluding hydrogens is 326 g/mol. The lowest BCUT2D eigenvalue weighted by Crippen LogP contribution is -2.15. The highest BCUT2D eigenvalue weighted by molar-refractivity contribution is 5.70. The summed E-state index contributed by atoms with van der Waals surface area (Å²) in [6.07, 6.45) is 5.77. The van der Waals surface area contributed by atoms with Crippen LogP contribution in [0.5, 0.6) is 0 Å². The van der Waals surface area contributed by atoms with Crippen molar-refractivity contribution >= 4 is 23.0 Å². The summed E-state index contributed by atoms with van der Waals surface area (Å²) in [6, 6.07) is 11.9. The molecule has 0 aliphatic rings. The third kappa shape index (κ3) is 4.67. The highest BCUT2D eigenvalue weighted by Crippen LogP contribution is 2.23. The number of nitrogen functional groups attached to an aromatic ring is 1. The van der Waals surface area contributed by atoms with Gasteiger partial charge in [0.25, 0.3) is 0 Å². The molecule has 1 unspecified atom stereocenters. The molecule has 3 aromatic rings. The summed E-state index contributed by atoms with van der Waals surface area (Å²) in [5, 5.41) is 6.45. The predicted molar refractivity (Wildman–Crippen MR) is 105 cm³/mol. The van der Waals surface area contributed by atoms with Crippen molar-refractivity contribution in [1.29, 1.82) is 0 Å². The third-order valence-corrected chi connectivity index (χ3v) is 3.97. The first-order chi connectivity index (χ1) is 12.6. The van der Waals surface area contributed by atoms with E-state index in [1.54, 1.807) is 18.6 Å². The smallest absolute Gasteiger partial charge is 0.150 e. The molecule has 2 heterocycles. The number of nitrogens with zero attached hydrogens (tertiary/aromatic N) is 3. The fourth-order valence-corrected chi connectivity index (χ4v) is 2.50. The average molecular weight is 349 g/mol. The molecule has 0 radical (unpaired) electrons. The highest BCUT2D eigenvalue weighted by atomic mass is 15.1. The lowest BCUT2D eigenvalue weighted by Gasteiger charge is -2.15. The molecule has 2 aromatic heterocycles. The second-order valence-corrected chi connectivity index (χ2v) is 6.06. The zero-order valence-corrected chi connectivity index (χ0v) is 14.7. The van der Waals surface area contributed by atoms with Gasteiger partial charge < -0.3 is 22.1 Å². The molecule has 0 bridgehead atoms. The van der Waals surface area contributed by atoms with Crippen LogP contribution in [0.15, 0.2) is 55.0 Å². The van der Waals surface area contributed by atoms with Gasteiger partial charge in [0.05, 0.1) is 35.7 Å². The highest BCUT2D eigenvalue weighted by Gasteiger charge is 2.07. The van der Waals surface area contributed by atoms with Gasteiger partial charge in [-0.15, -0.1) is 0 Å². The number of hydrogen-bond acceptors (Lipinski definition) is 7. The fraction of sp³-hybridized carbons (Fsp3) is 0.211. The molecule has 134 valence electrons. The van der Waals surface area contributed by atoms with Crippen LogP contribution in [0.4, 0.5) is 23.0 Å². The maximum atomic E-state index is 6.23. The predicted octanol–water partition coefficient (Wildman–Crippen LogP) is 3.01. The molecular formula is C19H23N7. The van der Waals surface area contributed by atoms with E-state index in [1.807, 2.05) is 43.3 Å². The Labute approximate surface area is 152 Å². The molecule has 0 aliphatic heterocycles. The van der Waals surface area contributed by atoms with E-state index in [0.717, 1.165) is 23.4 Å². The van der Waals surface area contributed by atoms with Crippen LogP contribution in [-0.4, -0.2) is 21.5 Å². The minimum atomic E-state index is -0.0211. The van der Waals surface area contributed by atoms with E-state index >= 15 is 0 Å². The van der Waals surface area contributed by atoms with Crippen LogP contribution < -0.4 is 22.1 Å². The first-order valence-corrected chi connectivity index (χ1v) is 8.47. The number of rotatable bonds is 7. The van der Waals surface area contributed by atoms with E-state index in [-0.39, 0.29) is 6.04 Å². The van der Waals surface area contributed by atoms with E-state index in [2.05, 4.69) is 25.6 Å². The van der Waals surface area contributed by atoms with Gasteiger partial charge in [-0.3, -0.25) is 4.98 Å². The molecule has 1 aromatic carbocycles. The standard InChI is InChI=1S/C19H23N7/c1-13-10-24-19(12-23-13)26-18-9-17(16(21)11-25-18)22-8-7-15(20)14-5-3-2-4-6-14/h2-6,9-12,15H,7-8,20-21H2,1H3,(H2,22,24,25,26). The lowest BCUT2D eigenvalue weighted by molar-refractivity contribution is 0.675. The lowest BCUT2D eigenvalue weighted by atomic mass is 10.1. The molecule has 7 nitrogen and oxygen atoms in total. The summed E-state index contributed by atoms with van der Waals surface area (Å²) in [5.74, 6) is 1.28. The number of hydrogen-bond donors (Lipinski definition) is 4. The molecule has 0 amide bonds. The second kappa shape index (κ2) is 8.26. The summed E-state index contributed by atoms with van der Waals surface area (Å²) >= 11 is 0. The van der Waals surface area contributed by atoms with Gasteiger partial charge in [0.1, 0.15) is 11.6 Å². The Hall–Kier alpha value is -3.19. The topological polar surface area (TPSA) is 115 Å². The van der Waals surface area contributed by atoms with Gasteiger partial charge in [0.15, 0.2) is 0 Å². The maximum Gasteiger partial charge on any atom is 0.150 e. The average Bonchev–Trinajstić information content (AvgIpc) is 2.66. The quantitative estimate of drug-likeness (QED) is 0.518. The Morgan fingerprint density at radius 1 is 1.00 bits per heavy atom. The van der Waals surface area contributed by atoms with Crippen molar-refractivity contribution in [2.45, 2.75) is 19.4 Å². The van der Waals surface area contributed by atoms with Gasteiger partial charge in [-0.2, -0.15) is 0 Å². The fourth-order valence-electron chi connectivity index (χ4n) is 2.50. The zero-order valence-electron chi connectivity index (χ0n) is 14.7. The third-order valence-electron chi connectivity index (χ3n) is 3.97. The number of aryl methyl sites for hydroxylation is 1. The SMILES string of the molecule is Cc1cnc(Nc2cc(NCCC(N)c3ccccc3)c(N)cn2)cn1. The maximum absolute atomic E-state index is 6.23. The van der Waals surface area contributed by atoms with E-state index in [0.29, 0.717) is 23.9 Å². The molecule has 6 N–H and O–H groups in total. The summed E-state index contributed by atoms with van der Waals surface area (Å²) in [6.45, 7) is 2.59. The molecule has 0 aliphatic carbocycles. The van der Waals surface area contributed by atoms with Gasteiger partial charge >= 0.3 is 0 Å². The van der Waals surface area contributed by atoms with Gasteiger partial charge in [-0.1, -0.05) is 30.3 Å². The summed E-state index contributed by atoms with van der Waals surface area (Å²) < 4.78 is 0. The van der Waals surface area contributed by atoms with E-state index < -0.39 is 0 Å². The Balaban J connectivity index is 1.60. The van der Waals surface area contributed by atoms with Crippen molar-refractivity contribution in [3.05, 3.63) is 66.2 Å². The van der Waals surface area contributed by atoms with Crippen molar-refractivity contribution in [3.63, 3.8) is 0 Å². The van der Waals surface area contributed by atoms with Crippen LogP contribution in [0.3, 0.4) is 0 Å². The van der Waals surface area contributed by atoms with E-state index in [1.165, 1.54) is 0 Å². The first kappa shape index (κ1) is 17.6. The summed E-state index contributed by atoms with van der Waals surface area (Å²) in [5.41, 5.74) is 15.6. The molecule has 7 heteroatoms. The molecule has 0 saturated heterocycles.